The third-order valence-electron chi connectivity index (χ3n) is 13.4. The highest BCUT2D eigenvalue weighted by atomic mass is 16.2. The van der Waals surface area contributed by atoms with Crippen molar-refractivity contribution in [3.63, 3.8) is 0 Å². The maximum Gasteiger partial charge on any atom is 0.243 e. The summed E-state index contributed by atoms with van der Waals surface area (Å²) in [5.41, 5.74) is 14.1. The number of rotatable bonds is 13. The van der Waals surface area contributed by atoms with Crippen molar-refractivity contribution in [1.29, 1.82) is 0 Å². The van der Waals surface area contributed by atoms with E-state index < -0.39 is 89.9 Å². The maximum absolute atomic E-state index is 15.0. The van der Waals surface area contributed by atoms with Gasteiger partial charge >= 0.3 is 0 Å². The molecule has 0 spiro atoms. The Morgan fingerprint density at radius 1 is 0.636 bits per heavy atom. The van der Waals surface area contributed by atoms with Gasteiger partial charge in [0.05, 0.1) is 6.42 Å². The molecule has 0 unspecified atom stereocenters. The predicted molar refractivity (Wildman–Crippen MR) is 295 cm³/mol. The number of para-hydroxylation sites is 1. The lowest BCUT2D eigenvalue weighted by molar-refractivity contribution is -0.135. The number of aliphatic imine (C=N–C) groups is 1. The summed E-state index contributed by atoms with van der Waals surface area (Å²) in [5, 5.41) is 26.8. The number of fused-ring (bicyclic) bond motifs is 3. The van der Waals surface area contributed by atoms with E-state index in [4.69, 9.17) is 11.5 Å². The topological polar surface area (TPSA) is 313 Å². The zero-order valence-corrected chi connectivity index (χ0v) is 43.3. The van der Waals surface area contributed by atoms with Gasteiger partial charge in [-0.1, -0.05) is 103 Å². The number of nitrogens with one attached hydrogen (secondary N) is 9. The number of nitrogens with two attached hydrogens (primary N) is 2. The summed E-state index contributed by atoms with van der Waals surface area (Å²) in [4.78, 5) is 121. The SMILES string of the molecule is CCNC(=O)[C@@H]1CCCCNC(=O)C[C@H](NC(C)=O)C(=O)N[C@@H](Cc2c[nH]c3ccccc23)C(=O)N[C@H](Cc2ccc3ccccc3c2)C(=O)N[C@@H](CCCN=C(N)N)C(=O)N[C@@H](Cc2ccc3ccccc3c2)C(=O)N1. The van der Waals surface area contributed by atoms with Crippen molar-refractivity contribution in [3.8, 4) is 0 Å². The van der Waals surface area contributed by atoms with E-state index >= 15 is 4.79 Å². The van der Waals surface area contributed by atoms with Crippen molar-refractivity contribution in [1.82, 2.24) is 47.5 Å². The molecule has 6 aromatic rings. The van der Waals surface area contributed by atoms with Gasteiger partial charge in [0.25, 0.3) is 0 Å². The normalized spacial score (nSPS) is 20.6. The van der Waals surface area contributed by atoms with Gasteiger partial charge in [0.15, 0.2) is 5.96 Å². The standard InChI is InChI=1S/C57H68N12O8/c1-3-60-51(72)44-19-10-11-25-61-50(71)32-49(64-34(2)70)56(77)69-48(31-41-33-63-43-18-9-8-17-42(41)43)55(76)68-47(30-36-22-24-38-14-5-7-16-40(38)28-36)54(75)66-45(20-12-26-62-57(58)59)52(73)67-46(53(74)65-44)29-35-21-23-37-13-4-6-15-39(37)27-35/h4-9,13-18,21-24,27-28,33,44-49,63H,3,10-12,19-20,25-26,29-32H2,1-2H3,(H,60,72)(H,61,71)(H,64,70)(H,65,74)(H,66,75)(H,67,73)(H,68,76)(H,69,77)(H4,58,59,62)/t44-,45-,46-,47+,48-,49-/m0/s1. The monoisotopic (exact) mass is 1050 g/mol. The zero-order valence-electron chi connectivity index (χ0n) is 43.3. The second-order valence-electron chi connectivity index (χ2n) is 19.3. The molecule has 1 aliphatic heterocycles. The van der Waals surface area contributed by atoms with E-state index in [9.17, 15) is 33.6 Å². The van der Waals surface area contributed by atoms with Gasteiger partial charge in [-0.05, 0) is 83.3 Å². The van der Waals surface area contributed by atoms with Gasteiger partial charge in [0.2, 0.25) is 47.3 Å². The molecule has 1 saturated heterocycles. The van der Waals surface area contributed by atoms with Gasteiger partial charge in [-0.3, -0.25) is 43.3 Å². The Morgan fingerprint density at radius 2 is 1.18 bits per heavy atom. The summed E-state index contributed by atoms with van der Waals surface area (Å²) in [6, 6.07) is 26.2. The fourth-order valence-corrected chi connectivity index (χ4v) is 9.46. The van der Waals surface area contributed by atoms with Crippen LogP contribution in [0.1, 0.15) is 69.1 Å². The number of carbonyl (C=O) groups is 8. The first-order chi connectivity index (χ1) is 37.1. The summed E-state index contributed by atoms with van der Waals surface area (Å²) in [5.74, 6) is -5.60. The molecular weight excluding hydrogens is 981 g/mol. The van der Waals surface area contributed by atoms with E-state index in [0.717, 1.165) is 32.4 Å². The summed E-state index contributed by atoms with van der Waals surface area (Å²) < 4.78 is 0. The molecule has 0 saturated carbocycles. The molecule has 13 N–H and O–H groups in total. The highest BCUT2D eigenvalue weighted by Gasteiger charge is 2.35. The highest BCUT2D eigenvalue weighted by Crippen LogP contribution is 2.22. The summed E-state index contributed by atoms with van der Waals surface area (Å²) >= 11 is 0. The number of guanidine groups is 1. The molecular formula is C57H68N12O8. The van der Waals surface area contributed by atoms with Gasteiger partial charge in [-0.15, -0.1) is 0 Å². The molecule has 8 amide bonds. The van der Waals surface area contributed by atoms with Crippen molar-refractivity contribution < 1.29 is 38.4 Å². The van der Waals surface area contributed by atoms with E-state index in [1.165, 1.54) is 6.92 Å². The molecule has 6 atom stereocenters. The Balaban J connectivity index is 1.29. The first kappa shape index (κ1) is 55.9. The molecule has 2 heterocycles. The molecule has 5 aromatic carbocycles. The van der Waals surface area contributed by atoms with Gasteiger partial charge < -0.3 is 59.0 Å². The Labute approximate surface area is 446 Å². The highest BCUT2D eigenvalue weighted by molar-refractivity contribution is 5.99. The lowest BCUT2D eigenvalue weighted by Crippen LogP contribution is -2.60. The molecule has 7 rings (SSSR count). The number of likely N-dealkylation sites (N-methyl/N-ethyl adjacent to an activating group) is 1. The Bertz CT molecular complexity index is 3130. The first-order valence-electron chi connectivity index (χ1n) is 26.0. The molecule has 0 radical (unpaired) electrons. The van der Waals surface area contributed by atoms with Crippen LogP contribution in [0, 0.1) is 0 Å². The number of amides is 8. The van der Waals surface area contributed by atoms with E-state index in [2.05, 4.69) is 52.5 Å². The number of carbonyl (C=O) groups excluding carboxylic acids is 8. The minimum atomic E-state index is -1.41. The average molecular weight is 1050 g/mol. The van der Waals surface area contributed by atoms with Crippen LogP contribution in [0.15, 0.2) is 120 Å². The quantitative estimate of drug-likeness (QED) is 0.0456. The molecule has 1 aliphatic rings. The molecule has 20 nitrogen and oxygen atoms in total. The Hall–Kier alpha value is -8.81. The number of H-pyrrole nitrogens is 1. The van der Waals surface area contributed by atoms with E-state index in [-0.39, 0.29) is 64.1 Å². The Kier molecular flexibility index (Phi) is 19.7. The van der Waals surface area contributed by atoms with E-state index in [1.54, 1.807) is 13.1 Å². The van der Waals surface area contributed by atoms with Crippen LogP contribution < -0.4 is 54.0 Å². The second-order valence-corrected chi connectivity index (χ2v) is 19.3. The average Bonchev–Trinajstić information content (AvgIpc) is 3.82. The molecule has 0 aliphatic carbocycles. The number of hydrogen-bond acceptors (Lipinski definition) is 9. The van der Waals surface area contributed by atoms with Crippen LogP contribution in [-0.2, 0) is 57.6 Å². The molecule has 1 aromatic heterocycles. The van der Waals surface area contributed by atoms with Crippen molar-refractivity contribution in [3.05, 3.63) is 132 Å². The zero-order chi connectivity index (χ0) is 54.8. The minimum Gasteiger partial charge on any atom is -0.370 e. The van der Waals surface area contributed by atoms with Crippen molar-refractivity contribution >= 4 is 85.7 Å². The third-order valence-corrected chi connectivity index (χ3v) is 13.4. The fraction of sp³-hybridized carbons (Fsp3) is 0.351. The van der Waals surface area contributed by atoms with Gasteiger partial charge in [0, 0.05) is 62.9 Å². The first-order valence-corrected chi connectivity index (χ1v) is 26.0. The van der Waals surface area contributed by atoms with Crippen LogP contribution in [0.5, 0.6) is 0 Å². The molecule has 20 heteroatoms. The van der Waals surface area contributed by atoms with Crippen molar-refractivity contribution in [2.45, 2.75) is 108 Å². The van der Waals surface area contributed by atoms with Gasteiger partial charge in [-0.25, -0.2) is 0 Å². The molecule has 1 fully saturated rings. The largest absolute Gasteiger partial charge is 0.370 e. The minimum absolute atomic E-state index is 0.00507. The van der Waals surface area contributed by atoms with E-state index in [0.29, 0.717) is 29.5 Å². The third kappa shape index (κ3) is 16.1. The van der Waals surface area contributed by atoms with Crippen LogP contribution in [0.2, 0.25) is 0 Å². The van der Waals surface area contributed by atoms with E-state index in [1.807, 2.05) is 109 Å². The molecule has 404 valence electrons. The lowest BCUT2D eigenvalue weighted by atomic mass is 9.98. The smallest absolute Gasteiger partial charge is 0.243 e. The Morgan fingerprint density at radius 3 is 1.79 bits per heavy atom. The van der Waals surface area contributed by atoms with Crippen LogP contribution in [0.25, 0.3) is 32.4 Å². The number of nitrogens with zero attached hydrogens (tertiary/aromatic N) is 1. The van der Waals surface area contributed by atoms with Gasteiger partial charge in [0.1, 0.15) is 36.3 Å². The number of aromatic amines is 1. The lowest BCUT2D eigenvalue weighted by Gasteiger charge is -2.28. The second kappa shape index (κ2) is 27.1. The van der Waals surface area contributed by atoms with Crippen molar-refractivity contribution in [2.24, 2.45) is 16.5 Å². The maximum atomic E-state index is 15.0. The van der Waals surface area contributed by atoms with Crippen molar-refractivity contribution in [2.75, 3.05) is 19.6 Å². The summed E-state index contributed by atoms with van der Waals surface area (Å²) in [6.45, 7) is 3.43. The number of benzene rings is 5. The van der Waals surface area contributed by atoms with Crippen LogP contribution in [0.4, 0.5) is 0 Å². The van der Waals surface area contributed by atoms with Crippen LogP contribution in [-0.4, -0.2) is 114 Å². The fourth-order valence-electron chi connectivity index (χ4n) is 9.46. The predicted octanol–water partition coefficient (Wildman–Crippen LogP) is 2.31. The van der Waals surface area contributed by atoms with Gasteiger partial charge in [-0.2, -0.15) is 0 Å². The molecule has 77 heavy (non-hydrogen) atoms. The number of hydrogen-bond donors (Lipinski definition) is 11. The van der Waals surface area contributed by atoms with Crippen LogP contribution >= 0.6 is 0 Å². The summed E-state index contributed by atoms with van der Waals surface area (Å²) in [6.07, 6.45) is 2.11. The van der Waals surface area contributed by atoms with Crippen LogP contribution in [0.3, 0.4) is 0 Å². The molecule has 0 bridgehead atoms. The summed E-state index contributed by atoms with van der Waals surface area (Å²) in [7, 11) is 0. The number of aromatic nitrogens is 1.